The Balaban J connectivity index is 0.00000364. The van der Waals surface area contributed by atoms with Crippen LogP contribution in [0, 0.1) is 0 Å². The summed E-state index contributed by atoms with van der Waals surface area (Å²) in [5.74, 6) is 1.57. The molecular weight excluding hydrogens is 459 g/mol. The van der Waals surface area contributed by atoms with Crippen LogP contribution in [0.4, 0.5) is 5.69 Å². The molecule has 0 fully saturated rings. The number of halogens is 1. The molecule has 1 heterocycles. The minimum atomic E-state index is 0. The normalized spacial score (nSPS) is 11.0. The lowest BCUT2D eigenvalue weighted by Gasteiger charge is -2.13. The van der Waals surface area contributed by atoms with E-state index in [1.807, 2.05) is 28.8 Å². The van der Waals surface area contributed by atoms with E-state index < -0.39 is 0 Å². The fourth-order valence-corrected chi connectivity index (χ4v) is 2.34. The van der Waals surface area contributed by atoms with Crippen LogP contribution in [0.15, 0.2) is 41.9 Å². The van der Waals surface area contributed by atoms with Crippen LogP contribution in [0.2, 0.25) is 0 Å². The third-order valence-electron chi connectivity index (χ3n) is 3.68. The lowest BCUT2D eigenvalue weighted by Crippen LogP contribution is -2.31. The minimum Gasteiger partial charge on any atom is -0.493 e. The monoisotopic (exact) mass is 488 g/mol. The first-order valence-corrected chi connectivity index (χ1v) is 8.83. The van der Waals surface area contributed by atoms with Crippen molar-refractivity contribution in [3.05, 3.63) is 36.9 Å². The lowest BCUT2D eigenvalue weighted by atomic mass is 10.3. The van der Waals surface area contributed by atoms with E-state index in [1.165, 1.54) is 0 Å². The van der Waals surface area contributed by atoms with Crippen molar-refractivity contribution in [2.45, 2.75) is 25.8 Å². The molecule has 150 valence electrons. The summed E-state index contributed by atoms with van der Waals surface area (Å²) in [6, 6.07) is 7.85. The average molecular weight is 488 g/mol. The fourth-order valence-electron chi connectivity index (χ4n) is 2.34. The van der Waals surface area contributed by atoms with Gasteiger partial charge in [0.05, 0.1) is 6.61 Å². The Hall–Kier alpha value is -1.88. The van der Waals surface area contributed by atoms with E-state index in [0.29, 0.717) is 13.2 Å². The van der Waals surface area contributed by atoms with Gasteiger partial charge in [-0.05, 0) is 25.0 Å². The average Bonchev–Trinajstić information content (AvgIpc) is 3.18. The number of hydrogen-bond donors (Lipinski definition) is 2. The molecule has 0 bridgehead atoms. The van der Waals surface area contributed by atoms with E-state index in [9.17, 15) is 0 Å². The number of hydrogen-bond acceptors (Lipinski definition) is 5. The van der Waals surface area contributed by atoms with Gasteiger partial charge in [0, 0.05) is 52.0 Å². The van der Waals surface area contributed by atoms with Gasteiger partial charge in [-0.1, -0.05) is 6.07 Å². The molecule has 2 rings (SSSR count). The number of aryl methyl sites for hydroxylation is 1. The van der Waals surface area contributed by atoms with Gasteiger partial charge in [0.1, 0.15) is 18.4 Å². The molecule has 8 nitrogen and oxygen atoms in total. The maximum atomic E-state index is 5.72. The van der Waals surface area contributed by atoms with Crippen LogP contribution in [-0.2, 0) is 11.3 Å². The Morgan fingerprint density at radius 3 is 2.70 bits per heavy atom. The number of anilines is 1. The highest BCUT2D eigenvalue weighted by Gasteiger charge is 2.01. The molecule has 27 heavy (non-hydrogen) atoms. The van der Waals surface area contributed by atoms with E-state index in [2.05, 4.69) is 25.8 Å². The van der Waals surface area contributed by atoms with Crippen LogP contribution in [0.1, 0.15) is 19.3 Å². The van der Waals surface area contributed by atoms with Gasteiger partial charge in [-0.2, -0.15) is 0 Å². The molecule has 0 aliphatic heterocycles. The summed E-state index contributed by atoms with van der Waals surface area (Å²) in [4.78, 5) is 4.26. The molecule has 0 unspecified atom stereocenters. The lowest BCUT2D eigenvalue weighted by molar-refractivity contribution is 0.172. The molecule has 1 aromatic heterocycles. The van der Waals surface area contributed by atoms with Gasteiger partial charge in [0.25, 0.3) is 0 Å². The van der Waals surface area contributed by atoms with E-state index in [-0.39, 0.29) is 24.0 Å². The SMILES string of the molecule is CN=C(NCCCCn1cnnc1)Nc1cccc(OCCCOC)c1.I. The molecule has 9 heteroatoms. The summed E-state index contributed by atoms with van der Waals surface area (Å²) >= 11 is 0. The number of methoxy groups -OCH3 is 1. The van der Waals surface area contributed by atoms with Gasteiger partial charge in [-0.15, -0.1) is 34.2 Å². The van der Waals surface area contributed by atoms with Crippen LogP contribution >= 0.6 is 24.0 Å². The number of aromatic nitrogens is 3. The summed E-state index contributed by atoms with van der Waals surface area (Å²) < 4.78 is 12.7. The largest absolute Gasteiger partial charge is 0.493 e. The third kappa shape index (κ3) is 9.57. The van der Waals surface area contributed by atoms with E-state index >= 15 is 0 Å². The fraction of sp³-hybridized carbons (Fsp3) is 0.500. The smallest absolute Gasteiger partial charge is 0.195 e. The second kappa shape index (κ2) is 14.2. The Kier molecular flexibility index (Phi) is 12.2. The minimum absolute atomic E-state index is 0. The Morgan fingerprint density at radius 2 is 1.96 bits per heavy atom. The zero-order valence-electron chi connectivity index (χ0n) is 15.9. The molecule has 2 aromatic rings. The highest BCUT2D eigenvalue weighted by Crippen LogP contribution is 2.17. The number of benzene rings is 1. The quantitative estimate of drug-likeness (QED) is 0.219. The predicted octanol–water partition coefficient (Wildman–Crippen LogP) is 2.78. The third-order valence-corrected chi connectivity index (χ3v) is 3.68. The number of nitrogens with zero attached hydrogens (tertiary/aromatic N) is 4. The molecule has 0 amide bonds. The molecule has 0 spiro atoms. The van der Waals surface area contributed by atoms with Gasteiger partial charge < -0.3 is 24.7 Å². The van der Waals surface area contributed by atoms with Gasteiger partial charge in [-0.3, -0.25) is 4.99 Å². The number of nitrogens with one attached hydrogen (secondary N) is 2. The van der Waals surface area contributed by atoms with Crippen molar-refractivity contribution < 1.29 is 9.47 Å². The standard InChI is InChI=1S/C18H28N6O2.HI/c1-19-18(20-9-3-4-10-24-14-21-22-15-24)23-16-7-5-8-17(13-16)26-12-6-11-25-2;/h5,7-8,13-15H,3-4,6,9-12H2,1-2H3,(H2,19,20,23);1H. The number of ether oxygens (including phenoxy) is 2. The van der Waals surface area contributed by atoms with Crippen LogP contribution in [0.25, 0.3) is 0 Å². The molecule has 0 saturated heterocycles. The molecule has 0 saturated carbocycles. The number of guanidine groups is 1. The van der Waals surface area contributed by atoms with Crippen molar-refractivity contribution in [3.63, 3.8) is 0 Å². The van der Waals surface area contributed by atoms with Gasteiger partial charge in [0.2, 0.25) is 0 Å². The summed E-state index contributed by atoms with van der Waals surface area (Å²) in [7, 11) is 3.45. The second-order valence-corrected chi connectivity index (χ2v) is 5.75. The Morgan fingerprint density at radius 1 is 1.15 bits per heavy atom. The van der Waals surface area contributed by atoms with Gasteiger partial charge in [0.15, 0.2) is 5.96 Å². The highest BCUT2D eigenvalue weighted by atomic mass is 127. The first-order chi connectivity index (χ1) is 12.8. The molecule has 0 aliphatic carbocycles. The number of rotatable bonds is 11. The number of unbranched alkanes of at least 4 members (excludes halogenated alkanes) is 1. The van der Waals surface area contributed by atoms with Crippen molar-refractivity contribution >= 4 is 35.6 Å². The summed E-state index contributed by atoms with van der Waals surface area (Å²) in [5.41, 5.74) is 0.937. The summed E-state index contributed by atoms with van der Waals surface area (Å²) in [6.07, 6.45) is 6.41. The van der Waals surface area contributed by atoms with Crippen molar-refractivity contribution in [1.82, 2.24) is 20.1 Å². The first-order valence-electron chi connectivity index (χ1n) is 8.83. The zero-order chi connectivity index (χ0) is 18.5. The molecule has 0 radical (unpaired) electrons. The Labute approximate surface area is 177 Å². The molecule has 2 N–H and O–H groups in total. The maximum Gasteiger partial charge on any atom is 0.195 e. The van der Waals surface area contributed by atoms with Crippen LogP contribution < -0.4 is 15.4 Å². The number of aliphatic imine (C=N–C) groups is 1. The van der Waals surface area contributed by atoms with Crippen LogP contribution in [0.5, 0.6) is 5.75 Å². The van der Waals surface area contributed by atoms with Crippen LogP contribution in [0.3, 0.4) is 0 Å². The first kappa shape index (κ1) is 23.2. The van der Waals surface area contributed by atoms with Crippen molar-refractivity contribution in [2.75, 3.05) is 39.2 Å². The molecule has 0 aliphatic rings. The predicted molar refractivity (Wildman–Crippen MR) is 118 cm³/mol. The van der Waals surface area contributed by atoms with E-state index in [4.69, 9.17) is 9.47 Å². The topological polar surface area (TPSA) is 85.6 Å². The summed E-state index contributed by atoms with van der Waals surface area (Å²) in [6.45, 7) is 3.10. The zero-order valence-corrected chi connectivity index (χ0v) is 18.3. The van der Waals surface area contributed by atoms with Crippen molar-refractivity contribution in [2.24, 2.45) is 4.99 Å². The molecular formula is C18H29IN6O2. The van der Waals surface area contributed by atoms with Gasteiger partial charge in [-0.25, -0.2) is 0 Å². The summed E-state index contributed by atoms with van der Waals surface area (Å²) in [5, 5.41) is 14.2. The molecule has 1 aromatic carbocycles. The van der Waals surface area contributed by atoms with E-state index in [0.717, 1.165) is 49.7 Å². The second-order valence-electron chi connectivity index (χ2n) is 5.75. The van der Waals surface area contributed by atoms with Gasteiger partial charge >= 0.3 is 0 Å². The molecule has 0 atom stereocenters. The van der Waals surface area contributed by atoms with Crippen molar-refractivity contribution in [3.8, 4) is 5.75 Å². The maximum absolute atomic E-state index is 5.72. The van der Waals surface area contributed by atoms with Crippen molar-refractivity contribution in [1.29, 1.82) is 0 Å². The highest BCUT2D eigenvalue weighted by molar-refractivity contribution is 14.0. The van der Waals surface area contributed by atoms with Crippen LogP contribution in [-0.4, -0.2) is 54.6 Å². The van der Waals surface area contributed by atoms with E-state index in [1.54, 1.807) is 26.8 Å². The Bertz CT molecular complexity index is 651.